The van der Waals surface area contributed by atoms with Crippen LogP contribution in [0.4, 0.5) is 17.6 Å². The molecule has 0 radical (unpaired) electrons. The van der Waals surface area contributed by atoms with Crippen LogP contribution in [-0.4, -0.2) is 92.8 Å². The molecule has 3 saturated heterocycles. The molecule has 0 aromatic heterocycles. The lowest BCUT2D eigenvalue weighted by molar-refractivity contribution is -0.140. The predicted molar refractivity (Wildman–Crippen MR) is 158 cm³/mol. The van der Waals surface area contributed by atoms with Crippen LogP contribution >= 0.6 is 0 Å². The van der Waals surface area contributed by atoms with E-state index in [0.717, 1.165) is 24.3 Å². The molecule has 12 heteroatoms. The van der Waals surface area contributed by atoms with E-state index in [-0.39, 0.29) is 25.9 Å². The maximum absolute atomic E-state index is 13.9. The molecule has 0 bridgehead atoms. The Labute approximate surface area is 258 Å². The number of rotatable bonds is 10. The number of nitrogens with one attached hydrogen (secondary N) is 1. The zero-order chi connectivity index (χ0) is 31.9. The third kappa shape index (κ3) is 8.24. The van der Waals surface area contributed by atoms with E-state index in [1.54, 1.807) is 12.2 Å². The number of ether oxygens (including phenoxy) is 2. The number of Topliss-reactive ketones (excluding diaryl/α,β-unsaturated/α-hetero) is 3. The molecule has 240 valence electrons. The van der Waals surface area contributed by atoms with Gasteiger partial charge in [0.1, 0.15) is 11.6 Å². The van der Waals surface area contributed by atoms with E-state index in [9.17, 15) is 31.9 Å². The van der Waals surface area contributed by atoms with Gasteiger partial charge in [-0.3, -0.25) is 14.4 Å². The number of piperidine rings is 1. The van der Waals surface area contributed by atoms with E-state index in [1.165, 1.54) is 12.1 Å². The van der Waals surface area contributed by atoms with Gasteiger partial charge in [-0.25, -0.2) is 17.6 Å². The van der Waals surface area contributed by atoms with Crippen LogP contribution in [0.1, 0.15) is 24.0 Å². The molecule has 2 unspecified atom stereocenters. The molecule has 0 aliphatic carbocycles. The summed E-state index contributed by atoms with van der Waals surface area (Å²) in [5.74, 6) is -7.42. The van der Waals surface area contributed by atoms with Gasteiger partial charge in [-0.2, -0.15) is 0 Å². The molecule has 0 amide bonds. The number of benzene rings is 2. The fourth-order valence-corrected chi connectivity index (χ4v) is 5.76. The lowest BCUT2D eigenvalue weighted by Gasteiger charge is -2.33. The summed E-state index contributed by atoms with van der Waals surface area (Å²) >= 11 is 0. The van der Waals surface area contributed by atoms with Crippen molar-refractivity contribution in [1.82, 2.24) is 15.1 Å². The smallest absolute Gasteiger partial charge is 0.159 e. The number of hydrogen-bond acceptors (Lipinski definition) is 8. The lowest BCUT2D eigenvalue weighted by Crippen LogP contribution is -2.50. The fourth-order valence-electron chi connectivity index (χ4n) is 5.76. The van der Waals surface area contributed by atoms with Gasteiger partial charge in [0.05, 0.1) is 38.3 Å². The Kier molecular flexibility index (Phi) is 10.8. The van der Waals surface area contributed by atoms with Gasteiger partial charge < -0.3 is 24.6 Å². The Hall–Kier alpha value is -3.87. The van der Waals surface area contributed by atoms with Gasteiger partial charge in [0, 0.05) is 63.5 Å². The third-order valence-electron chi connectivity index (χ3n) is 8.26. The second kappa shape index (κ2) is 14.9. The SMILES string of the molecule is O=C(C/C(=C\c1ccc(F)c(F)c1)N1CCOCC1)C1CNCC(C(=O)C/C(=C\c2ccc(F)c(F)c2)N2CCOCC2)C1=O. The lowest BCUT2D eigenvalue weighted by atomic mass is 9.81. The first-order chi connectivity index (χ1) is 21.7. The minimum atomic E-state index is -1.08. The van der Waals surface area contributed by atoms with E-state index in [4.69, 9.17) is 9.47 Å². The Morgan fingerprint density at radius 1 is 0.689 bits per heavy atom. The van der Waals surface area contributed by atoms with E-state index in [2.05, 4.69) is 5.32 Å². The highest BCUT2D eigenvalue weighted by atomic mass is 19.2. The topological polar surface area (TPSA) is 88.2 Å². The fraction of sp³-hybridized carbons (Fsp3) is 0.424. The molecule has 3 aliphatic rings. The van der Waals surface area contributed by atoms with Crippen LogP contribution in [0.15, 0.2) is 47.8 Å². The van der Waals surface area contributed by atoms with Gasteiger partial charge in [0.15, 0.2) is 29.1 Å². The van der Waals surface area contributed by atoms with Crippen molar-refractivity contribution in [3.05, 3.63) is 82.2 Å². The summed E-state index contributed by atoms with van der Waals surface area (Å²) in [5.41, 5.74) is 1.82. The molecular weight excluding hydrogens is 594 g/mol. The molecule has 0 saturated carbocycles. The minimum Gasteiger partial charge on any atom is -0.378 e. The second-order valence-electron chi connectivity index (χ2n) is 11.3. The number of morpholine rings is 2. The predicted octanol–water partition coefficient (Wildman–Crippen LogP) is 3.61. The first kappa shape index (κ1) is 32.5. The van der Waals surface area contributed by atoms with Crippen LogP contribution in [0.25, 0.3) is 12.2 Å². The van der Waals surface area contributed by atoms with Crippen LogP contribution in [0.5, 0.6) is 0 Å². The number of allylic oxidation sites excluding steroid dienone is 2. The summed E-state index contributed by atoms with van der Waals surface area (Å²) in [6.07, 6.45) is 2.92. The van der Waals surface area contributed by atoms with Gasteiger partial charge in [-0.05, 0) is 47.5 Å². The molecule has 2 atom stereocenters. The van der Waals surface area contributed by atoms with Crippen LogP contribution < -0.4 is 5.32 Å². The van der Waals surface area contributed by atoms with Crippen molar-refractivity contribution in [2.45, 2.75) is 12.8 Å². The van der Waals surface area contributed by atoms with Crippen molar-refractivity contribution in [2.75, 3.05) is 65.7 Å². The Morgan fingerprint density at radius 3 is 1.47 bits per heavy atom. The minimum absolute atomic E-state index is 0.0734. The normalized spacial score (nSPS) is 21.6. The van der Waals surface area contributed by atoms with Gasteiger partial charge in [-0.15, -0.1) is 0 Å². The quantitative estimate of drug-likeness (QED) is 0.315. The molecule has 1 N–H and O–H groups in total. The van der Waals surface area contributed by atoms with Crippen LogP contribution in [0.2, 0.25) is 0 Å². The molecule has 2 aromatic rings. The molecule has 2 aromatic carbocycles. The van der Waals surface area contributed by atoms with Gasteiger partial charge in [-0.1, -0.05) is 12.1 Å². The summed E-state index contributed by atoms with van der Waals surface area (Å²) in [7, 11) is 0. The van der Waals surface area contributed by atoms with Crippen molar-refractivity contribution >= 4 is 29.5 Å². The Bertz CT molecular complexity index is 1380. The molecule has 8 nitrogen and oxygen atoms in total. The highest BCUT2D eigenvalue weighted by Crippen LogP contribution is 2.26. The van der Waals surface area contributed by atoms with Crippen molar-refractivity contribution in [1.29, 1.82) is 0 Å². The van der Waals surface area contributed by atoms with Crippen molar-refractivity contribution in [3.63, 3.8) is 0 Å². The molecule has 3 fully saturated rings. The van der Waals surface area contributed by atoms with Crippen LogP contribution in [-0.2, 0) is 23.9 Å². The number of halogens is 4. The van der Waals surface area contributed by atoms with Gasteiger partial charge in [0.25, 0.3) is 0 Å². The standard InChI is InChI=1S/C33H35F4N3O5/c34-27-3-1-21(15-29(27)36)13-23(39-5-9-44-10-6-39)17-31(41)25-19-38-20-26(33(25)43)32(42)18-24(40-7-11-45-12-8-40)14-22-2-4-28(35)30(37)16-22/h1-4,13-16,25-26,38H,5-12,17-20H2/b23-13+,24-14+. The number of carbonyl (C=O) groups is 3. The largest absolute Gasteiger partial charge is 0.378 e. The van der Waals surface area contributed by atoms with E-state index >= 15 is 0 Å². The van der Waals surface area contributed by atoms with Crippen LogP contribution in [0, 0.1) is 35.1 Å². The van der Waals surface area contributed by atoms with E-state index in [0.29, 0.717) is 75.1 Å². The molecule has 0 spiro atoms. The average Bonchev–Trinajstić information content (AvgIpc) is 3.04. The van der Waals surface area contributed by atoms with E-state index < -0.39 is 52.5 Å². The average molecular weight is 630 g/mol. The number of carbonyl (C=O) groups excluding carboxylic acids is 3. The van der Waals surface area contributed by atoms with Crippen molar-refractivity contribution in [2.24, 2.45) is 11.8 Å². The monoisotopic (exact) mass is 629 g/mol. The molecule has 3 aliphatic heterocycles. The maximum Gasteiger partial charge on any atom is 0.159 e. The highest BCUT2D eigenvalue weighted by molar-refractivity contribution is 6.13. The molecular formula is C33H35F4N3O5. The first-order valence-electron chi connectivity index (χ1n) is 15.0. The molecule has 5 rings (SSSR count). The van der Waals surface area contributed by atoms with Crippen molar-refractivity contribution in [3.8, 4) is 0 Å². The Balaban J connectivity index is 1.33. The van der Waals surface area contributed by atoms with Gasteiger partial charge >= 0.3 is 0 Å². The van der Waals surface area contributed by atoms with Crippen molar-refractivity contribution < 1.29 is 41.4 Å². The summed E-state index contributed by atoms with van der Waals surface area (Å²) in [5, 5.41) is 3.06. The van der Waals surface area contributed by atoms with Crippen LogP contribution in [0.3, 0.4) is 0 Å². The summed E-state index contributed by atoms with van der Waals surface area (Å²) in [6, 6.07) is 6.93. The molecule has 45 heavy (non-hydrogen) atoms. The second-order valence-corrected chi connectivity index (χ2v) is 11.3. The van der Waals surface area contributed by atoms with E-state index in [1.807, 2.05) is 9.80 Å². The number of nitrogens with zero attached hydrogens (tertiary/aromatic N) is 2. The Morgan fingerprint density at radius 2 is 1.09 bits per heavy atom. The summed E-state index contributed by atoms with van der Waals surface area (Å²) in [4.78, 5) is 44.7. The summed E-state index contributed by atoms with van der Waals surface area (Å²) in [6.45, 7) is 3.77. The third-order valence-corrected chi connectivity index (χ3v) is 8.26. The maximum atomic E-state index is 13.9. The van der Waals surface area contributed by atoms with Gasteiger partial charge in [0.2, 0.25) is 0 Å². The summed E-state index contributed by atoms with van der Waals surface area (Å²) < 4.78 is 65.7. The zero-order valence-electron chi connectivity index (χ0n) is 24.7. The highest BCUT2D eigenvalue weighted by Gasteiger charge is 2.40. The zero-order valence-corrected chi connectivity index (χ0v) is 24.7. The number of ketones is 3. The molecule has 3 heterocycles. The number of hydrogen-bond donors (Lipinski definition) is 1. The first-order valence-corrected chi connectivity index (χ1v) is 15.0.